The third-order valence-corrected chi connectivity index (χ3v) is 1.98. The van der Waals surface area contributed by atoms with Crippen LogP contribution in [0.5, 0.6) is 0 Å². The van der Waals surface area contributed by atoms with Gasteiger partial charge in [0.25, 0.3) is 0 Å². The Bertz CT molecular complexity index is 249. The number of nitrogen functional groups attached to an aromatic ring is 1. The predicted octanol–water partition coefficient (Wildman–Crippen LogP) is 1.77. The van der Waals surface area contributed by atoms with E-state index in [1.165, 1.54) is 0 Å². The lowest BCUT2D eigenvalue weighted by Crippen LogP contribution is -1.99. The van der Waals surface area contributed by atoms with Crippen LogP contribution in [0.3, 0.4) is 0 Å². The van der Waals surface area contributed by atoms with Crippen molar-refractivity contribution in [3.63, 3.8) is 0 Å². The first kappa shape index (κ1) is 8.46. The molecule has 0 aliphatic heterocycles. The third kappa shape index (κ3) is 2.15. The van der Waals surface area contributed by atoms with Gasteiger partial charge in [-0.1, -0.05) is 13.3 Å². The number of aromatic nitrogens is 2. The van der Waals surface area contributed by atoms with Crippen LogP contribution in [-0.2, 0) is 6.42 Å². The van der Waals surface area contributed by atoms with Crippen LogP contribution in [0.1, 0.15) is 19.0 Å². The molecule has 1 rings (SSSR count). The highest BCUT2D eigenvalue weighted by Crippen LogP contribution is 2.14. The number of aryl methyl sites for hydroxylation is 1. The average molecular weight is 216 g/mol. The van der Waals surface area contributed by atoms with Gasteiger partial charge in [0.15, 0.2) is 0 Å². The first-order valence-corrected chi connectivity index (χ1v) is 4.30. The van der Waals surface area contributed by atoms with Gasteiger partial charge in [-0.15, -0.1) is 0 Å². The van der Waals surface area contributed by atoms with E-state index in [1.54, 1.807) is 6.20 Å². The standard InChI is InChI=1S/C7H10BrN3/c1-2-3-6-5(8)4-10-7(9)11-6/h4H,2-3H2,1H3,(H2,9,10,11). The van der Waals surface area contributed by atoms with E-state index in [-0.39, 0.29) is 0 Å². The van der Waals surface area contributed by atoms with Crippen LogP contribution in [0, 0.1) is 0 Å². The summed E-state index contributed by atoms with van der Waals surface area (Å²) in [5, 5.41) is 0. The van der Waals surface area contributed by atoms with Crippen LogP contribution < -0.4 is 5.73 Å². The van der Waals surface area contributed by atoms with Crippen LogP contribution in [0.4, 0.5) is 5.95 Å². The molecule has 1 aromatic heterocycles. The quantitative estimate of drug-likeness (QED) is 0.819. The first-order chi connectivity index (χ1) is 5.24. The molecule has 0 aliphatic carbocycles. The van der Waals surface area contributed by atoms with Crippen molar-refractivity contribution < 1.29 is 0 Å². The van der Waals surface area contributed by atoms with E-state index in [4.69, 9.17) is 5.73 Å². The van der Waals surface area contributed by atoms with E-state index in [0.717, 1.165) is 23.0 Å². The molecule has 0 saturated heterocycles. The molecule has 1 heterocycles. The summed E-state index contributed by atoms with van der Waals surface area (Å²) in [4.78, 5) is 7.92. The van der Waals surface area contributed by atoms with Crippen molar-refractivity contribution in [2.75, 3.05) is 5.73 Å². The number of rotatable bonds is 2. The topological polar surface area (TPSA) is 51.8 Å². The Kier molecular flexibility index (Phi) is 2.82. The largest absolute Gasteiger partial charge is 0.368 e. The van der Waals surface area contributed by atoms with Gasteiger partial charge < -0.3 is 5.73 Å². The van der Waals surface area contributed by atoms with Gasteiger partial charge in [-0.25, -0.2) is 9.97 Å². The number of hydrogen-bond donors (Lipinski definition) is 1. The van der Waals surface area contributed by atoms with E-state index >= 15 is 0 Å². The van der Waals surface area contributed by atoms with Crippen molar-refractivity contribution in [3.05, 3.63) is 16.4 Å². The fourth-order valence-electron chi connectivity index (χ4n) is 0.830. The van der Waals surface area contributed by atoms with Crippen LogP contribution in [-0.4, -0.2) is 9.97 Å². The summed E-state index contributed by atoms with van der Waals surface area (Å²) in [6, 6.07) is 0. The van der Waals surface area contributed by atoms with Gasteiger partial charge in [-0.05, 0) is 22.4 Å². The molecule has 0 aliphatic rings. The molecule has 0 radical (unpaired) electrons. The zero-order valence-corrected chi connectivity index (χ0v) is 7.93. The van der Waals surface area contributed by atoms with Crippen LogP contribution in [0.2, 0.25) is 0 Å². The first-order valence-electron chi connectivity index (χ1n) is 3.51. The smallest absolute Gasteiger partial charge is 0.220 e. The second kappa shape index (κ2) is 3.67. The molecule has 0 saturated carbocycles. The minimum absolute atomic E-state index is 0.344. The Morgan fingerprint density at radius 3 is 3.00 bits per heavy atom. The van der Waals surface area contributed by atoms with Crippen molar-refractivity contribution in [1.29, 1.82) is 0 Å². The molecule has 11 heavy (non-hydrogen) atoms. The van der Waals surface area contributed by atoms with Gasteiger partial charge in [0.2, 0.25) is 5.95 Å². The van der Waals surface area contributed by atoms with Crippen LogP contribution in [0.25, 0.3) is 0 Å². The van der Waals surface area contributed by atoms with E-state index < -0.39 is 0 Å². The highest BCUT2D eigenvalue weighted by Gasteiger charge is 2.00. The fraction of sp³-hybridized carbons (Fsp3) is 0.429. The number of nitrogens with two attached hydrogens (primary N) is 1. The molecule has 60 valence electrons. The van der Waals surface area contributed by atoms with Crippen molar-refractivity contribution in [2.45, 2.75) is 19.8 Å². The summed E-state index contributed by atoms with van der Waals surface area (Å²) >= 11 is 3.35. The van der Waals surface area contributed by atoms with Gasteiger partial charge in [-0.2, -0.15) is 0 Å². The lowest BCUT2D eigenvalue weighted by Gasteiger charge is -2.00. The summed E-state index contributed by atoms with van der Waals surface area (Å²) in [5.74, 6) is 0.344. The summed E-state index contributed by atoms with van der Waals surface area (Å²) in [6.45, 7) is 2.10. The normalized spacial score (nSPS) is 10.0. The maximum atomic E-state index is 5.41. The maximum absolute atomic E-state index is 5.41. The van der Waals surface area contributed by atoms with Crippen LogP contribution >= 0.6 is 15.9 Å². The molecule has 0 unspecified atom stereocenters. The highest BCUT2D eigenvalue weighted by atomic mass is 79.9. The third-order valence-electron chi connectivity index (χ3n) is 1.32. The zero-order valence-electron chi connectivity index (χ0n) is 6.34. The van der Waals surface area contributed by atoms with Crippen molar-refractivity contribution in [2.24, 2.45) is 0 Å². The zero-order chi connectivity index (χ0) is 8.27. The van der Waals surface area contributed by atoms with Crippen molar-refractivity contribution in [1.82, 2.24) is 9.97 Å². The van der Waals surface area contributed by atoms with Gasteiger partial charge >= 0.3 is 0 Å². The SMILES string of the molecule is CCCc1nc(N)ncc1Br. The molecule has 0 fully saturated rings. The molecular formula is C7H10BrN3. The molecule has 3 nitrogen and oxygen atoms in total. The molecule has 0 atom stereocenters. The fourth-order valence-corrected chi connectivity index (χ4v) is 1.22. The highest BCUT2D eigenvalue weighted by molar-refractivity contribution is 9.10. The minimum Gasteiger partial charge on any atom is -0.368 e. The molecule has 0 bridgehead atoms. The summed E-state index contributed by atoms with van der Waals surface area (Å²) < 4.78 is 0.938. The van der Waals surface area contributed by atoms with E-state index in [0.29, 0.717) is 5.95 Å². The average Bonchev–Trinajstić information content (AvgIpc) is 1.98. The minimum atomic E-state index is 0.344. The number of nitrogens with zero attached hydrogens (tertiary/aromatic N) is 2. The van der Waals surface area contributed by atoms with Gasteiger partial charge in [0, 0.05) is 6.20 Å². The molecule has 2 N–H and O–H groups in total. The lowest BCUT2D eigenvalue weighted by molar-refractivity contribution is 0.869. The Hall–Kier alpha value is -0.640. The lowest BCUT2D eigenvalue weighted by atomic mass is 10.2. The Morgan fingerprint density at radius 2 is 2.36 bits per heavy atom. The second-order valence-corrected chi connectivity index (χ2v) is 3.13. The number of hydrogen-bond acceptors (Lipinski definition) is 3. The Morgan fingerprint density at radius 1 is 1.64 bits per heavy atom. The Labute approximate surface area is 74.2 Å². The van der Waals surface area contributed by atoms with Gasteiger partial charge in [-0.3, -0.25) is 0 Å². The number of anilines is 1. The molecule has 0 aromatic carbocycles. The summed E-state index contributed by atoms with van der Waals surface area (Å²) in [7, 11) is 0. The van der Waals surface area contributed by atoms with E-state index in [2.05, 4.69) is 32.8 Å². The molecule has 0 spiro atoms. The summed E-state index contributed by atoms with van der Waals surface area (Å²) in [6.07, 6.45) is 3.69. The van der Waals surface area contributed by atoms with Crippen molar-refractivity contribution in [3.8, 4) is 0 Å². The van der Waals surface area contributed by atoms with E-state index in [9.17, 15) is 0 Å². The van der Waals surface area contributed by atoms with Gasteiger partial charge in [0.05, 0.1) is 10.2 Å². The second-order valence-electron chi connectivity index (χ2n) is 2.27. The predicted molar refractivity (Wildman–Crippen MR) is 48.1 cm³/mol. The molecule has 0 amide bonds. The monoisotopic (exact) mass is 215 g/mol. The number of halogens is 1. The van der Waals surface area contributed by atoms with Crippen LogP contribution in [0.15, 0.2) is 10.7 Å². The Balaban J connectivity index is 2.93. The summed E-state index contributed by atoms with van der Waals surface area (Å²) in [5.41, 5.74) is 6.40. The van der Waals surface area contributed by atoms with Gasteiger partial charge in [0.1, 0.15) is 0 Å². The molecule has 1 aromatic rings. The molecular weight excluding hydrogens is 206 g/mol. The molecule has 4 heteroatoms. The van der Waals surface area contributed by atoms with Crippen molar-refractivity contribution >= 4 is 21.9 Å². The maximum Gasteiger partial charge on any atom is 0.220 e. The van der Waals surface area contributed by atoms with E-state index in [1.807, 2.05) is 0 Å².